The fourth-order valence-corrected chi connectivity index (χ4v) is 5.72. The molecule has 2 aromatic carbocycles. The number of carbonyl (C=O) groups excluding carboxylic acids is 2. The van der Waals surface area contributed by atoms with Crippen LogP contribution >= 0.6 is 12.2 Å². The molecule has 10 heteroatoms. The summed E-state index contributed by atoms with van der Waals surface area (Å²) < 4.78 is 21.2. The van der Waals surface area contributed by atoms with Gasteiger partial charge in [-0.15, -0.1) is 0 Å². The minimum absolute atomic E-state index is 0.0888. The van der Waals surface area contributed by atoms with Crippen LogP contribution in [0, 0.1) is 19.7 Å². The van der Waals surface area contributed by atoms with Crippen LogP contribution in [0.15, 0.2) is 79.0 Å². The van der Waals surface area contributed by atoms with E-state index in [4.69, 9.17) is 17.0 Å². The molecule has 0 spiro atoms. The number of amides is 1. The van der Waals surface area contributed by atoms with E-state index in [1.165, 1.54) is 19.2 Å². The van der Waals surface area contributed by atoms with Gasteiger partial charge in [-0.3, -0.25) is 9.78 Å². The third-order valence-corrected chi connectivity index (χ3v) is 7.62. The quantitative estimate of drug-likeness (QED) is 0.216. The van der Waals surface area contributed by atoms with Gasteiger partial charge in [0, 0.05) is 30.6 Å². The van der Waals surface area contributed by atoms with Crippen molar-refractivity contribution in [1.82, 2.24) is 19.8 Å². The van der Waals surface area contributed by atoms with E-state index in [2.05, 4.69) is 21.7 Å². The van der Waals surface area contributed by atoms with Gasteiger partial charge in [-0.1, -0.05) is 30.3 Å². The largest absolute Gasteiger partial charge is 0.465 e. The smallest absolute Gasteiger partial charge is 0.339 e. The molecule has 1 aliphatic heterocycles. The van der Waals surface area contributed by atoms with Crippen molar-refractivity contribution in [2.45, 2.75) is 32.4 Å². The Kier molecular flexibility index (Phi) is 8.11. The van der Waals surface area contributed by atoms with E-state index in [9.17, 15) is 14.0 Å². The lowest BCUT2D eigenvalue weighted by molar-refractivity contribution is -0.116. The van der Waals surface area contributed by atoms with Gasteiger partial charge in [-0.05, 0) is 74.1 Å². The zero-order valence-corrected chi connectivity index (χ0v) is 23.7. The molecule has 2 atom stereocenters. The Morgan fingerprint density at radius 3 is 2.54 bits per heavy atom. The van der Waals surface area contributed by atoms with E-state index in [0.717, 1.165) is 22.6 Å². The Labute approximate surface area is 243 Å². The second-order valence-corrected chi connectivity index (χ2v) is 10.2. The molecule has 1 aliphatic rings. The van der Waals surface area contributed by atoms with Crippen LogP contribution in [0.3, 0.4) is 0 Å². The maximum atomic E-state index is 14.1. The summed E-state index contributed by atoms with van der Waals surface area (Å²) in [4.78, 5) is 32.0. The van der Waals surface area contributed by atoms with Crippen LogP contribution in [0.25, 0.3) is 5.69 Å². The average molecular weight is 572 g/mol. The number of esters is 1. The molecule has 4 aromatic rings. The van der Waals surface area contributed by atoms with Gasteiger partial charge in [0.1, 0.15) is 5.82 Å². The molecule has 0 unspecified atom stereocenters. The molecule has 0 radical (unpaired) electrons. The van der Waals surface area contributed by atoms with Crippen molar-refractivity contribution in [3.8, 4) is 5.69 Å². The third kappa shape index (κ3) is 5.55. The van der Waals surface area contributed by atoms with Crippen molar-refractivity contribution in [2.75, 3.05) is 19.0 Å². The first kappa shape index (κ1) is 28.0. The molecule has 0 bridgehead atoms. The molecule has 1 saturated heterocycles. The highest BCUT2D eigenvalue weighted by molar-refractivity contribution is 7.80. The Morgan fingerprint density at radius 1 is 1.07 bits per heavy atom. The van der Waals surface area contributed by atoms with Gasteiger partial charge < -0.3 is 24.8 Å². The van der Waals surface area contributed by atoms with Gasteiger partial charge in [0.25, 0.3) is 0 Å². The number of rotatable bonds is 8. The number of methoxy groups -OCH3 is 1. The van der Waals surface area contributed by atoms with E-state index >= 15 is 0 Å². The van der Waals surface area contributed by atoms with Crippen LogP contribution in [-0.2, 0) is 9.53 Å². The monoisotopic (exact) mass is 571 g/mol. The van der Waals surface area contributed by atoms with Crippen molar-refractivity contribution < 1.29 is 18.7 Å². The second-order valence-electron chi connectivity index (χ2n) is 9.77. The minimum Gasteiger partial charge on any atom is -0.465 e. The van der Waals surface area contributed by atoms with Crippen LogP contribution < -0.4 is 10.6 Å². The van der Waals surface area contributed by atoms with Gasteiger partial charge in [0.05, 0.1) is 41.8 Å². The number of thiocarbonyl (C=S) groups is 1. The standard InChI is InChI=1S/C31H30FN5O3S/c1-19-18-22(20(2)37(19)26-14-7-4-10-21(26)30(39)40-3)29-28(25-13-8-9-16-33-25)35-31(41)36(29)17-15-27(38)34-24-12-6-5-11-23(24)32/h4-14,16,18,28-29H,15,17H2,1-3H3,(H,34,38)(H,35,41)/t28-,29+/m0/s1. The number of anilines is 1. The number of aromatic nitrogens is 2. The number of nitrogens with zero attached hydrogens (tertiary/aromatic N) is 3. The van der Waals surface area contributed by atoms with Crippen molar-refractivity contribution in [3.63, 3.8) is 0 Å². The number of nitrogens with one attached hydrogen (secondary N) is 2. The molecule has 8 nitrogen and oxygen atoms in total. The zero-order chi connectivity index (χ0) is 29.1. The molecule has 3 heterocycles. The van der Waals surface area contributed by atoms with Crippen LogP contribution in [0.5, 0.6) is 0 Å². The summed E-state index contributed by atoms with van der Waals surface area (Å²) in [6.07, 6.45) is 1.82. The summed E-state index contributed by atoms with van der Waals surface area (Å²) in [5, 5.41) is 6.55. The highest BCUT2D eigenvalue weighted by atomic mass is 32.1. The fraction of sp³-hybridized carbons (Fsp3) is 0.226. The maximum Gasteiger partial charge on any atom is 0.339 e. The summed E-state index contributed by atoms with van der Waals surface area (Å²) in [5.41, 5.74) is 4.90. The highest BCUT2D eigenvalue weighted by Gasteiger charge is 2.41. The topological polar surface area (TPSA) is 88.5 Å². The SMILES string of the molecule is COC(=O)c1ccccc1-n1c(C)cc([C@@H]2[C@H](c3ccccn3)NC(=S)N2CCC(=O)Nc2ccccc2F)c1C. The molecule has 0 saturated carbocycles. The fourth-order valence-electron chi connectivity index (χ4n) is 5.39. The number of hydrogen-bond acceptors (Lipinski definition) is 5. The zero-order valence-electron chi connectivity index (χ0n) is 22.9. The first-order chi connectivity index (χ1) is 19.8. The van der Waals surface area contributed by atoms with Crippen LogP contribution in [0.2, 0.25) is 0 Å². The summed E-state index contributed by atoms with van der Waals surface area (Å²) >= 11 is 5.77. The van der Waals surface area contributed by atoms with Gasteiger partial charge in [-0.25, -0.2) is 9.18 Å². The average Bonchev–Trinajstić information content (AvgIpc) is 3.47. The van der Waals surface area contributed by atoms with Crippen molar-refractivity contribution >= 4 is 34.9 Å². The van der Waals surface area contributed by atoms with Crippen molar-refractivity contribution in [1.29, 1.82) is 0 Å². The van der Waals surface area contributed by atoms with E-state index < -0.39 is 11.8 Å². The molecule has 210 valence electrons. The predicted molar refractivity (Wildman–Crippen MR) is 158 cm³/mol. The van der Waals surface area contributed by atoms with E-state index in [-0.39, 0.29) is 30.1 Å². The van der Waals surface area contributed by atoms with E-state index in [0.29, 0.717) is 22.9 Å². The van der Waals surface area contributed by atoms with E-state index in [1.54, 1.807) is 30.5 Å². The normalized spacial score (nSPS) is 16.4. The van der Waals surface area contributed by atoms with Crippen LogP contribution in [-0.4, -0.2) is 45.1 Å². The van der Waals surface area contributed by atoms with Crippen molar-refractivity contribution in [2.24, 2.45) is 0 Å². The highest BCUT2D eigenvalue weighted by Crippen LogP contribution is 2.41. The van der Waals surface area contributed by atoms with E-state index in [1.807, 2.05) is 53.6 Å². The number of benzene rings is 2. The Morgan fingerprint density at radius 2 is 1.80 bits per heavy atom. The number of ether oxygens (including phenoxy) is 1. The Bertz CT molecular complexity index is 1610. The molecule has 1 amide bonds. The minimum atomic E-state index is -0.494. The van der Waals surface area contributed by atoms with Gasteiger partial charge in [-0.2, -0.15) is 0 Å². The van der Waals surface area contributed by atoms with Crippen LogP contribution in [0.1, 0.15) is 51.5 Å². The number of aryl methyl sites for hydroxylation is 1. The summed E-state index contributed by atoms with van der Waals surface area (Å²) in [7, 11) is 1.36. The first-order valence-corrected chi connectivity index (χ1v) is 13.6. The molecule has 41 heavy (non-hydrogen) atoms. The Balaban J connectivity index is 1.51. The number of hydrogen-bond donors (Lipinski definition) is 2. The van der Waals surface area contributed by atoms with Crippen LogP contribution in [0.4, 0.5) is 10.1 Å². The first-order valence-electron chi connectivity index (χ1n) is 13.2. The molecular formula is C31H30FN5O3S. The molecule has 1 fully saturated rings. The lowest BCUT2D eigenvalue weighted by Crippen LogP contribution is -2.33. The molecule has 2 N–H and O–H groups in total. The number of halogens is 1. The summed E-state index contributed by atoms with van der Waals surface area (Å²) in [5.74, 6) is -1.24. The molecule has 2 aromatic heterocycles. The number of pyridine rings is 1. The Hall–Kier alpha value is -4.57. The van der Waals surface area contributed by atoms with Gasteiger partial charge in [0.15, 0.2) is 5.11 Å². The lowest BCUT2D eigenvalue weighted by Gasteiger charge is -2.28. The van der Waals surface area contributed by atoms with Crippen molar-refractivity contribution in [3.05, 3.63) is 113 Å². The number of carbonyl (C=O) groups is 2. The summed E-state index contributed by atoms with van der Waals surface area (Å²) in [6, 6.07) is 20.6. The third-order valence-electron chi connectivity index (χ3n) is 7.26. The predicted octanol–water partition coefficient (Wildman–Crippen LogP) is 5.42. The van der Waals surface area contributed by atoms with Gasteiger partial charge in [0.2, 0.25) is 5.91 Å². The number of para-hydroxylation sites is 2. The molecule has 5 rings (SSSR count). The van der Waals surface area contributed by atoms with Gasteiger partial charge >= 0.3 is 5.97 Å². The summed E-state index contributed by atoms with van der Waals surface area (Å²) in [6.45, 7) is 4.27. The molecule has 0 aliphatic carbocycles. The lowest BCUT2D eigenvalue weighted by atomic mass is 9.96. The maximum absolute atomic E-state index is 14.1. The molecular weight excluding hydrogens is 541 g/mol. The second kappa shape index (κ2) is 11.9.